The smallest absolute Gasteiger partial charge is 0.165 e. The summed E-state index contributed by atoms with van der Waals surface area (Å²) in [7, 11) is 1.40. The quantitative estimate of drug-likeness (QED) is 0.677. The van der Waals surface area contributed by atoms with Crippen molar-refractivity contribution >= 4 is 17.4 Å². The van der Waals surface area contributed by atoms with Crippen LogP contribution in [-0.2, 0) is 0 Å². The van der Waals surface area contributed by atoms with Gasteiger partial charge in [0.15, 0.2) is 11.6 Å². The number of anilines is 1. The molecule has 0 atom stereocenters. The number of nitrogens with one attached hydrogen (secondary N) is 1. The van der Waals surface area contributed by atoms with E-state index in [1.165, 1.54) is 31.4 Å². The number of carbonyl (C=O) groups excluding carboxylic acids is 1. The summed E-state index contributed by atoms with van der Waals surface area (Å²) in [6.07, 6.45) is 0. The van der Waals surface area contributed by atoms with Crippen LogP contribution < -0.4 is 15.3 Å². The fourth-order valence-corrected chi connectivity index (χ4v) is 1.79. The summed E-state index contributed by atoms with van der Waals surface area (Å²) in [6.45, 7) is 1.73. The summed E-state index contributed by atoms with van der Waals surface area (Å²) < 4.78 is 18.5. The van der Waals surface area contributed by atoms with Gasteiger partial charge in [-0.3, -0.25) is 5.43 Å². The first-order chi connectivity index (χ1) is 10.5. The first-order valence-electron chi connectivity index (χ1n) is 6.47. The van der Waals surface area contributed by atoms with Gasteiger partial charge >= 0.3 is 0 Å². The molecule has 0 aromatic heterocycles. The monoisotopic (exact) mass is 301 g/mol. The van der Waals surface area contributed by atoms with Crippen molar-refractivity contribution in [1.82, 2.24) is 0 Å². The zero-order chi connectivity index (χ0) is 16.1. The number of aromatic carboxylic acids is 1. The molecule has 2 rings (SSSR count). The Labute approximate surface area is 127 Å². The zero-order valence-electron chi connectivity index (χ0n) is 12.1. The molecule has 0 bridgehead atoms. The first-order valence-corrected chi connectivity index (χ1v) is 6.47. The fraction of sp³-hybridized carbons (Fsp3) is 0.125. The Kier molecular flexibility index (Phi) is 4.73. The average molecular weight is 301 g/mol. The number of halogens is 1. The summed E-state index contributed by atoms with van der Waals surface area (Å²) in [5.41, 5.74) is 4.66. The van der Waals surface area contributed by atoms with Crippen LogP contribution in [-0.4, -0.2) is 18.8 Å². The lowest BCUT2D eigenvalue weighted by Gasteiger charge is -2.07. The lowest BCUT2D eigenvalue weighted by molar-refractivity contribution is -0.255. The maximum Gasteiger partial charge on any atom is 0.165 e. The maximum atomic E-state index is 13.6. The summed E-state index contributed by atoms with van der Waals surface area (Å²) in [5.74, 6) is -1.53. The van der Waals surface area contributed by atoms with Gasteiger partial charge in [-0.05, 0) is 42.8 Å². The Hall–Kier alpha value is -2.89. The molecule has 0 unspecified atom stereocenters. The normalized spacial score (nSPS) is 11.1. The molecular weight excluding hydrogens is 287 g/mol. The lowest BCUT2D eigenvalue weighted by atomic mass is 10.1. The molecule has 0 fully saturated rings. The highest BCUT2D eigenvalue weighted by atomic mass is 19.1. The van der Waals surface area contributed by atoms with E-state index in [9.17, 15) is 14.3 Å². The van der Waals surface area contributed by atoms with Gasteiger partial charge in [-0.2, -0.15) is 5.10 Å². The minimum Gasteiger partial charge on any atom is -0.545 e. The van der Waals surface area contributed by atoms with Gasteiger partial charge in [0.25, 0.3) is 0 Å². The molecule has 0 aliphatic carbocycles. The third kappa shape index (κ3) is 3.60. The molecule has 0 saturated carbocycles. The summed E-state index contributed by atoms with van der Waals surface area (Å²) >= 11 is 0. The first kappa shape index (κ1) is 15.5. The second-order valence-corrected chi connectivity index (χ2v) is 4.52. The highest BCUT2D eigenvalue weighted by Crippen LogP contribution is 2.18. The molecule has 22 heavy (non-hydrogen) atoms. The van der Waals surface area contributed by atoms with E-state index >= 15 is 0 Å². The topological polar surface area (TPSA) is 73.8 Å². The number of rotatable bonds is 5. The highest BCUT2D eigenvalue weighted by molar-refractivity contribution is 5.99. The van der Waals surface area contributed by atoms with Crippen molar-refractivity contribution in [3.05, 3.63) is 59.4 Å². The minimum atomic E-state index is -1.24. The predicted octanol–water partition coefficient (Wildman–Crippen LogP) is 2.03. The van der Waals surface area contributed by atoms with Crippen molar-refractivity contribution in [2.45, 2.75) is 6.92 Å². The number of hydrogen-bond donors (Lipinski definition) is 1. The van der Waals surface area contributed by atoms with Crippen LogP contribution in [0.2, 0.25) is 0 Å². The molecule has 1 N–H and O–H groups in total. The van der Waals surface area contributed by atoms with Crippen LogP contribution in [0.1, 0.15) is 22.8 Å². The van der Waals surface area contributed by atoms with E-state index in [1.54, 1.807) is 25.1 Å². The van der Waals surface area contributed by atoms with E-state index in [-0.39, 0.29) is 11.3 Å². The Morgan fingerprint density at radius 3 is 2.36 bits per heavy atom. The summed E-state index contributed by atoms with van der Waals surface area (Å²) in [5, 5.41) is 14.8. The van der Waals surface area contributed by atoms with Crippen LogP contribution in [0.3, 0.4) is 0 Å². The Morgan fingerprint density at radius 1 is 1.18 bits per heavy atom. The molecule has 2 aromatic rings. The highest BCUT2D eigenvalue weighted by Gasteiger charge is 2.05. The van der Waals surface area contributed by atoms with Crippen molar-refractivity contribution in [2.24, 2.45) is 5.10 Å². The summed E-state index contributed by atoms with van der Waals surface area (Å²) in [4.78, 5) is 10.6. The molecule has 6 heteroatoms. The van der Waals surface area contributed by atoms with Crippen LogP contribution in [0, 0.1) is 5.82 Å². The zero-order valence-corrected chi connectivity index (χ0v) is 12.1. The molecule has 0 heterocycles. The van der Waals surface area contributed by atoms with Gasteiger partial charge in [-0.15, -0.1) is 0 Å². The SMILES string of the molecule is COc1ccc(/C(C)=N\Nc2ccc(C(=O)[O-])cc2)cc1F. The molecule has 0 radical (unpaired) electrons. The second-order valence-electron chi connectivity index (χ2n) is 4.52. The Balaban J connectivity index is 2.12. The number of carbonyl (C=O) groups is 1. The van der Waals surface area contributed by atoms with Crippen LogP contribution >= 0.6 is 0 Å². The number of ether oxygens (including phenoxy) is 1. The lowest BCUT2D eigenvalue weighted by Crippen LogP contribution is -2.21. The van der Waals surface area contributed by atoms with Crippen molar-refractivity contribution in [3.63, 3.8) is 0 Å². The number of carboxylic acid groups (broad SMARTS) is 1. The van der Waals surface area contributed by atoms with Crippen molar-refractivity contribution < 1.29 is 19.0 Å². The van der Waals surface area contributed by atoms with Crippen LogP contribution in [0.4, 0.5) is 10.1 Å². The molecule has 0 spiro atoms. The van der Waals surface area contributed by atoms with Gasteiger partial charge < -0.3 is 14.6 Å². The maximum absolute atomic E-state index is 13.6. The summed E-state index contributed by atoms with van der Waals surface area (Å²) in [6, 6.07) is 10.5. The molecule has 2 aromatic carbocycles. The number of carboxylic acids is 1. The number of nitrogens with zero attached hydrogens (tertiary/aromatic N) is 1. The van der Waals surface area contributed by atoms with Crippen LogP contribution in [0.5, 0.6) is 5.75 Å². The molecule has 0 aliphatic heterocycles. The van der Waals surface area contributed by atoms with E-state index < -0.39 is 11.8 Å². The van der Waals surface area contributed by atoms with Gasteiger partial charge in [0.1, 0.15) is 0 Å². The average Bonchev–Trinajstić information content (AvgIpc) is 2.52. The molecule has 114 valence electrons. The molecular formula is C16H14FN2O3-. The van der Waals surface area contributed by atoms with Crippen LogP contribution in [0.25, 0.3) is 0 Å². The Morgan fingerprint density at radius 2 is 1.82 bits per heavy atom. The van der Waals surface area contributed by atoms with Crippen molar-refractivity contribution in [2.75, 3.05) is 12.5 Å². The molecule has 0 amide bonds. The largest absolute Gasteiger partial charge is 0.545 e. The fourth-order valence-electron chi connectivity index (χ4n) is 1.79. The third-order valence-corrected chi connectivity index (χ3v) is 3.04. The van der Waals surface area contributed by atoms with Gasteiger partial charge in [0.05, 0.1) is 24.5 Å². The molecule has 0 saturated heterocycles. The standard InChI is InChI=1S/C16H15FN2O3/c1-10(12-5-8-15(22-2)14(17)9-12)18-19-13-6-3-11(4-7-13)16(20)21/h3-9,19H,1-2H3,(H,20,21)/p-1/b18-10-. The van der Waals surface area contributed by atoms with E-state index in [0.717, 1.165) is 0 Å². The number of benzene rings is 2. The van der Waals surface area contributed by atoms with Gasteiger partial charge in [0.2, 0.25) is 0 Å². The van der Waals surface area contributed by atoms with Crippen molar-refractivity contribution in [3.8, 4) is 5.75 Å². The number of hydrogen-bond acceptors (Lipinski definition) is 5. The number of methoxy groups -OCH3 is 1. The van der Waals surface area contributed by atoms with Crippen molar-refractivity contribution in [1.29, 1.82) is 0 Å². The predicted molar refractivity (Wildman–Crippen MR) is 79.6 cm³/mol. The van der Waals surface area contributed by atoms with E-state index in [4.69, 9.17) is 4.74 Å². The van der Waals surface area contributed by atoms with E-state index in [1.807, 2.05) is 0 Å². The number of hydrazone groups is 1. The van der Waals surface area contributed by atoms with E-state index in [2.05, 4.69) is 10.5 Å². The van der Waals surface area contributed by atoms with Gasteiger partial charge in [-0.1, -0.05) is 12.1 Å². The van der Waals surface area contributed by atoms with Gasteiger partial charge in [-0.25, -0.2) is 4.39 Å². The van der Waals surface area contributed by atoms with Crippen LogP contribution in [0.15, 0.2) is 47.6 Å². The second kappa shape index (κ2) is 6.71. The minimum absolute atomic E-state index is 0.0866. The van der Waals surface area contributed by atoms with E-state index in [0.29, 0.717) is 17.0 Å². The third-order valence-electron chi connectivity index (χ3n) is 3.04. The van der Waals surface area contributed by atoms with Gasteiger partial charge in [0, 0.05) is 5.56 Å². The molecule has 5 nitrogen and oxygen atoms in total. The Bertz CT molecular complexity index is 712. The molecule has 0 aliphatic rings.